The maximum atomic E-state index is 12.0. The van der Waals surface area contributed by atoms with Crippen molar-refractivity contribution in [1.82, 2.24) is 10.6 Å². The van der Waals surface area contributed by atoms with E-state index in [4.69, 9.17) is 4.74 Å². The molecule has 16 heavy (non-hydrogen) atoms. The van der Waals surface area contributed by atoms with Crippen LogP contribution in [0.15, 0.2) is 0 Å². The predicted molar refractivity (Wildman–Crippen MR) is 62.2 cm³/mol. The number of hydrogen-bond acceptors (Lipinski definition) is 3. The van der Waals surface area contributed by atoms with E-state index in [-0.39, 0.29) is 5.91 Å². The van der Waals surface area contributed by atoms with Crippen LogP contribution in [0.5, 0.6) is 0 Å². The van der Waals surface area contributed by atoms with E-state index >= 15 is 0 Å². The molecule has 0 aromatic carbocycles. The van der Waals surface area contributed by atoms with Crippen molar-refractivity contribution in [2.24, 2.45) is 5.92 Å². The molecule has 0 saturated carbocycles. The number of carbonyl (C=O) groups is 1. The molecule has 2 rings (SSSR count). The highest BCUT2D eigenvalue weighted by atomic mass is 16.5. The first kappa shape index (κ1) is 11.9. The Balaban J connectivity index is 1.74. The van der Waals surface area contributed by atoms with Crippen LogP contribution in [0.4, 0.5) is 0 Å². The molecule has 0 aromatic heterocycles. The summed E-state index contributed by atoms with van der Waals surface area (Å²) >= 11 is 0. The average Bonchev–Trinajstić information content (AvgIpc) is 2.76. The molecule has 0 aromatic rings. The molecule has 4 nitrogen and oxygen atoms in total. The van der Waals surface area contributed by atoms with Gasteiger partial charge in [-0.25, -0.2) is 0 Å². The lowest BCUT2D eigenvalue weighted by Gasteiger charge is -2.26. The smallest absolute Gasteiger partial charge is 0.251 e. The van der Waals surface area contributed by atoms with Crippen molar-refractivity contribution < 1.29 is 9.53 Å². The summed E-state index contributed by atoms with van der Waals surface area (Å²) in [6, 6.07) is 0. The number of piperidine rings is 1. The third-order valence-electron chi connectivity index (χ3n) is 3.65. The highest BCUT2D eigenvalue weighted by molar-refractivity contribution is 5.84. The lowest BCUT2D eigenvalue weighted by Crippen LogP contribution is -2.47. The minimum Gasteiger partial charge on any atom is -0.365 e. The van der Waals surface area contributed by atoms with Gasteiger partial charge in [0.05, 0.1) is 0 Å². The molecule has 0 radical (unpaired) electrons. The van der Waals surface area contributed by atoms with Gasteiger partial charge in [-0.1, -0.05) is 0 Å². The Bertz CT molecular complexity index is 243. The van der Waals surface area contributed by atoms with Gasteiger partial charge in [-0.15, -0.1) is 0 Å². The average molecular weight is 226 g/mol. The van der Waals surface area contributed by atoms with E-state index in [0.717, 1.165) is 39.1 Å². The van der Waals surface area contributed by atoms with Crippen LogP contribution in [0.3, 0.4) is 0 Å². The van der Waals surface area contributed by atoms with E-state index in [2.05, 4.69) is 10.6 Å². The van der Waals surface area contributed by atoms with Gasteiger partial charge in [0, 0.05) is 13.2 Å². The van der Waals surface area contributed by atoms with Gasteiger partial charge in [0.15, 0.2) is 0 Å². The number of nitrogens with one attached hydrogen (secondary N) is 2. The monoisotopic (exact) mass is 226 g/mol. The molecule has 2 aliphatic heterocycles. The van der Waals surface area contributed by atoms with E-state index in [1.807, 2.05) is 6.92 Å². The predicted octanol–water partition coefficient (Wildman–Crippen LogP) is 0.671. The first-order chi connectivity index (χ1) is 7.71. The summed E-state index contributed by atoms with van der Waals surface area (Å²) in [7, 11) is 0. The molecule has 2 atom stereocenters. The second-order valence-electron chi connectivity index (χ2n) is 5.11. The molecule has 1 amide bonds. The minimum atomic E-state index is -0.567. The molecular weight excluding hydrogens is 204 g/mol. The van der Waals surface area contributed by atoms with Crippen LogP contribution in [0.25, 0.3) is 0 Å². The lowest BCUT2D eigenvalue weighted by molar-refractivity contribution is -0.139. The molecule has 2 aliphatic rings. The standard InChI is InChI=1S/C12H22N2O2/c1-12(5-3-7-16-12)11(15)14-9-10-4-2-6-13-8-10/h10,13H,2-9H2,1H3,(H,14,15). The van der Waals surface area contributed by atoms with Crippen LogP contribution < -0.4 is 10.6 Å². The third-order valence-corrected chi connectivity index (χ3v) is 3.65. The fraction of sp³-hybridized carbons (Fsp3) is 0.917. The van der Waals surface area contributed by atoms with Crippen molar-refractivity contribution in [3.8, 4) is 0 Å². The molecule has 0 spiro atoms. The molecule has 2 unspecified atom stereocenters. The Labute approximate surface area is 97.1 Å². The van der Waals surface area contributed by atoms with Gasteiger partial charge in [-0.3, -0.25) is 4.79 Å². The Kier molecular flexibility index (Phi) is 3.82. The second-order valence-corrected chi connectivity index (χ2v) is 5.11. The fourth-order valence-corrected chi connectivity index (χ4v) is 2.48. The first-order valence-corrected chi connectivity index (χ1v) is 6.34. The maximum Gasteiger partial charge on any atom is 0.251 e. The van der Waals surface area contributed by atoms with E-state index in [1.165, 1.54) is 12.8 Å². The first-order valence-electron chi connectivity index (χ1n) is 6.34. The largest absolute Gasteiger partial charge is 0.365 e. The van der Waals surface area contributed by atoms with Crippen molar-refractivity contribution in [1.29, 1.82) is 0 Å². The highest BCUT2D eigenvalue weighted by Gasteiger charge is 2.37. The van der Waals surface area contributed by atoms with E-state index < -0.39 is 5.60 Å². The van der Waals surface area contributed by atoms with Gasteiger partial charge < -0.3 is 15.4 Å². The zero-order chi connectivity index (χ0) is 11.4. The van der Waals surface area contributed by atoms with Crippen LogP contribution in [0, 0.1) is 5.92 Å². The van der Waals surface area contributed by atoms with E-state index in [0.29, 0.717) is 5.92 Å². The summed E-state index contributed by atoms with van der Waals surface area (Å²) in [6.07, 6.45) is 4.27. The maximum absolute atomic E-state index is 12.0. The number of hydrogen-bond donors (Lipinski definition) is 2. The van der Waals surface area contributed by atoms with E-state index in [1.54, 1.807) is 0 Å². The molecule has 2 fully saturated rings. The second kappa shape index (κ2) is 5.15. The highest BCUT2D eigenvalue weighted by Crippen LogP contribution is 2.25. The molecule has 0 bridgehead atoms. The number of rotatable bonds is 3. The molecule has 0 aliphatic carbocycles. The zero-order valence-corrected chi connectivity index (χ0v) is 10.1. The normalized spacial score (nSPS) is 34.9. The van der Waals surface area contributed by atoms with Gasteiger partial charge in [-0.05, 0) is 51.6 Å². The summed E-state index contributed by atoms with van der Waals surface area (Å²) in [5.41, 5.74) is -0.567. The van der Waals surface area contributed by atoms with Gasteiger partial charge in [0.2, 0.25) is 0 Å². The lowest BCUT2D eigenvalue weighted by atomic mass is 9.98. The van der Waals surface area contributed by atoms with Crippen molar-refractivity contribution in [3.63, 3.8) is 0 Å². The summed E-state index contributed by atoms with van der Waals surface area (Å²) in [5.74, 6) is 0.651. The van der Waals surface area contributed by atoms with Crippen LogP contribution in [-0.4, -0.2) is 37.7 Å². The number of carbonyl (C=O) groups excluding carboxylic acids is 1. The topological polar surface area (TPSA) is 50.4 Å². The molecule has 2 saturated heterocycles. The summed E-state index contributed by atoms with van der Waals surface area (Å²) in [4.78, 5) is 12.0. The molecule has 2 N–H and O–H groups in total. The summed E-state index contributed by atoms with van der Waals surface area (Å²) in [6.45, 7) is 5.54. The van der Waals surface area contributed by atoms with Crippen LogP contribution >= 0.6 is 0 Å². The molecular formula is C12H22N2O2. The molecule has 92 valence electrons. The van der Waals surface area contributed by atoms with Crippen LogP contribution in [-0.2, 0) is 9.53 Å². The number of amides is 1. The minimum absolute atomic E-state index is 0.0653. The van der Waals surface area contributed by atoms with Crippen LogP contribution in [0.2, 0.25) is 0 Å². The van der Waals surface area contributed by atoms with Gasteiger partial charge in [-0.2, -0.15) is 0 Å². The van der Waals surface area contributed by atoms with Crippen LogP contribution in [0.1, 0.15) is 32.6 Å². The van der Waals surface area contributed by atoms with Crippen molar-refractivity contribution >= 4 is 5.91 Å². The Morgan fingerprint density at radius 1 is 1.56 bits per heavy atom. The fourth-order valence-electron chi connectivity index (χ4n) is 2.48. The SMILES string of the molecule is CC1(C(=O)NCC2CCCNC2)CCCO1. The van der Waals surface area contributed by atoms with Gasteiger partial charge >= 0.3 is 0 Å². The van der Waals surface area contributed by atoms with Crippen molar-refractivity contribution in [2.45, 2.75) is 38.2 Å². The molecule has 4 heteroatoms. The van der Waals surface area contributed by atoms with Gasteiger partial charge in [0.25, 0.3) is 5.91 Å². The zero-order valence-electron chi connectivity index (χ0n) is 10.1. The van der Waals surface area contributed by atoms with Gasteiger partial charge in [0.1, 0.15) is 5.60 Å². The number of ether oxygens (including phenoxy) is 1. The quantitative estimate of drug-likeness (QED) is 0.743. The third kappa shape index (κ3) is 2.74. The van der Waals surface area contributed by atoms with E-state index in [9.17, 15) is 4.79 Å². The van der Waals surface area contributed by atoms with Crippen molar-refractivity contribution in [2.75, 3.05) is 26.2 Å². The van der Waals surface area contributed by atoms with Crippen molar-refractivity contribution in [3.05, 3.63) is 0 Å². The molecule has 2 heterocycles. The Morgan fingerprint density at radius 2 is 2.44 bits per heavy atom. The Morgan fingerprint density at radius 3 is 3.06 bits per heavy atom. The summed E-state index contributed by atoms with van der Waals surface area (Å²) in [5, 5.41) is 6.39. The Hall–Kier alpha value is -0.610. The summed E-state index contributed by atoms with van der Waals surface area (Å²) < 4.78 is 5.51.